The summed E-state index contributed by atoms with van der Waals surface area (Å²) in [5.74, 6) is 2.35. The molecule has 4 rings (SSSR count). The van der Waals surface area contributed by atoms with Crippen LogP contribution in [0.1, 0.15) is 63.3 Å². The van der Waals surface area contributed by atoms with Gasteiger partial charge in [-0.2, -0.15) is 0 Å². The van der Waals surface area contributed by atoms with Crippen molar-refractivity contribution in [2.24, 2.45) is 0 Å². The van der Waals surface area contributed by atoms with Crippen molar-refractivity contribution in [1.29, 1.82) is 0 Å². The number of rotatable bonds is 4. The first-order valence-electron chi connectivity index (χ1n) is 9.64. The number of aryl methyl sites for hydroxylation is 3. The highest BCUT2D eigenvalue weighted by Crippen LogP contribution is 2.66. The molecule has 1 unspecified atom stereocenters. The van der Waals surface area contributed by atoms with Crippen LogP contribution in [0, 0.1) is 20.8 Å². The molecule has 3 atom stereocenters. The van der Waals surface area contributed by atoms with Crippen LogP contribution in [0.2, 0.25) is 11.6 Å². The lowest BCUT2D eigenvalue weighted by atomic mass is 9.52. The highest BCUT2D eigenvalue weighted by Gasteiger charge is 2.60. The molecule has 0 bridgehead atoms. The predicted octanol–water partition coefficient (Wildman–Crippen LogP) is 5.47. The van der Waals surface area contributed by atoms with Crippen LogP contribution >= 0.6 is 11.3 Å². The summed E-state index contributed by atoms with van der Waals surface area (Å²) in [4.78, 5) is 2.57. The van der Waals surface area contributed by atoms with E-state index in [0.29, 0.717) is 0 Å². The first-order chi connectivity index (χ1) is 12.3. The summed E-state index contributed by atoms with van der Waals surface area (Å²) in [5.41, 5.74) is 13.2. The number of aliphatic hydroxyl groups excluding tert-OH is 1. The largest absolute Gasteiger partial charge is 0.398 e. The second-order valence-electron chi connectivity index (χ2n) is 8.50. The van der Waals surface area contributed by atoms with Gasteiger partial charge in [-0.15, -0.1) is 11.3 Å². The lowest BCUT2D eigenvalue weighted by Gasteiger charge is -2.10. The zero-order chi connectivity index (χ0) is 18.7. The number of hydrogen-bond acceptors (Lipinski definition) is 3. The van der Waals surface area contributed by atoms with E-state index in [1.807, 2.05) is 26.0 Å². The van der Waals surface area contributed by atoms with E-state index in [-0.39, 0.29) is 0 Å². The standard InChI is InChI=1S/C22H28BNOS/c1-11(2)23-17-10-16-19(20(17)23)14(5)26-22(16)18(25)7-6-15-8-12(3)21(24)13(4)9-15/h6-9,11,17-18,20,25H,10,24H2,1-5H3/b7-6+/t17-,18?,20-/m1/s1. The Kier molecular flexibility index (Phi) is 4.32. The van der Waals surface area contributed by atoms with Crippen LogP contribution in [0.4, 0.5) is 5.69 Å². The van der Waals surface area contributed by atoms with E-state index < -0.39 is 6.10 Å². The molecule has 1 aromatic carbocycles. The van der Waals surface area contributed by atoms with Gasteiger partial charge >= 0.3 is 0 Å². The molecule has 0 radical (unpaired) electrons. The van der Waals surface area contributed by atoms with Crippen LogP contribution in [-0.4, -0.2) is 11.8 Å². The molecule has 2 heterocycles. The average Bonchev–Trinajstić information content (AvgIpc) is 2.99. The van der Waals surface area contributed by atoms with Gasteiger partial charge in [0.2, 0.25) is 0 Å². The molecule has 3 N–H and O–H groups in total. The maximum Gasteiger partial charge on any atom is 0.153 e. The van der Waals surface area contributed by atoms with Crippen molar-refractivity contribution in [1.82, 2.24) is 0 Å². The molecule has 1 aliphatic carbocycles. The summed E-state index contributed by atoms with van der Waals surface area (Å²) in [7, 11) is 0. The molecular weight excluding hydrogens is 337 g/mol. The Morgan fingerprint density at radius 2 is 1.88 bits per heavy atom. The molecule has 2 aromatic rings. The third kappa shape index (κ3) is 2.75. The number of nitrogen functional groups attached to an aromatic ring is 1. The first-order valence-corrected chi connectivity index (χ1v) is 10.5. The predicted molar refractivity (Wildman–Crippen MR) is 114 cm³/mol. The van der Waals surface area contributed by atoms with Crippen LogP contribution in [0.15, 0.2) is 18.2 Å². The van der Waals surface area contributed by atoms with E-state index in [1.165, 1.54) is 10.4 Å². The van der Waals surface area contributed by atoms with Gasteiger partial charge in [0.25, 0.3) is 0 Å². The van der Waals surface area contributed by atoms with Gasteiger partial charge in [-0.3, -0.25) is 0 Å². The summed E-state index contributed by atoms with van der Waals surface area (Å²) >= 11 is 1.79. The Balaban J connectivity index is 1.58. The fourth-order valence-corrected chi connectivity index (χ4v) is 6.34. The normalized spacial score (nSPS) is 22.2. The van der Waals surface area contributed by atoms with Gasteiger partial charge < -0.3 is 10.8 Å². The molecule has 136 valence electrons. The van der Waals surface area contributed by atoms with Crippen LogP contribution in [-0.2, 0) is 6.42 Å². The Morgan fingerprint density at radius 3 is 2.50 bits per heavy atom. The third-order valence-corrected chi connectivity index (χ3v) is 7.63. The maximum atomic E-state index is 10.8. The lowest BCUT2D eigenvalue weighted by molar-refractivity contribution is 0.232. The molecule has 1 aromatic heterocycles. The van der Waals surface area contributed by atoms with Gasteiger partial charge in [0, 0.05) is 15.4 Å². The van der Waals surface area contributed by atoms with E-state index in [4.69, 9.17) is 5.73 Å². The molecule has 0 saturated carbocycles. The Morgan fingerprint density at radius 1 is 1.23 bits per heavy atom. The Labute approximate surface area is 161 Å². The topological polar surface area (TPSA) is 46.2 Å². The second kappa shape index (κ2) is 6.28. The molecule has 2 aliphatic rings. The van der Waals surface area contributed by atoms with Gasteiger partial charge in [-0.1, -0.05) is 37.6 Å². The highest BCUT2D eigenvalue weighted by molar-refractivity contribution is 7.12. The summed E-state index contributed by atoms with van der Waals surface area (Å²) in [6.45, 7) is 11.8. The van der Waals surface area contributed by atoms with E-state index in [0.717, 1.165) is 57.8 Å². The fraction of sp³-hybridized carbons (Fsp3) is 0.455. The van der Waals surface area contributed by atoms with E-state index in [2.05, 4.69) is 32.9 Å². The van der Waals surface area contributed by atoms with Crippen molar-refractivity contribution in [3.05, 3.63) is 55.8 Å². The minimum absolute atomic E-state index is 0.518. The molecule has 2 nitrogen and oxygen atoms in total. The molecule has 0 amide bonds. The Hall–Kier alpha value is -1.52. The summed E-state index contributed by atoms with van der Waals surface area (Å²) in [6, 6.07) is 4.16. The van der Waals surface area contributed by atoms with Crippen molar-refractivity contribution in [2.75, 3.05) is 5.73 Å². The minimum Gasteiger partial charge on any atom is -0.398 e. The van der Waals surface area contributed by atoms with Crippen molar-refractivity contribution < 1.29 is 5.11 Å². The number of benzene rings is 1. The van der Waals surface area contributed by atoms with E-state index in [9.17, 15) is 5.11 Å². The minimum atomic E-state index is -0.518. The molecule has 1 fully saturated rings. The fourth-order valence-electron chi connectivity index (χ4n) is 5.12. The number of aliphatic hydroxyl groups is 1. The molecule has 0 spiro atoms. The highest BCUT2D eigenvalue weighted by atomic mass is 32.1. The van der Waals surface area contributed by atoms with Gasteiger partial charge in [0.05, 0.1) is 0 Å². The zero-order valence-electron chi connectivity index (χ0n) is 16.3. The lowest BCUT2D eigenvalue weighted by Crippen LogP contribution is -2.06. The van der Waals surface area contributed by atoms with Gasteiger partial charge in [-0.25, -0.2) is 0 Å². The monoisotopic (exact) mass is 365 g/mol. The molecule has 4 heteroatoms. The van der Waals surface area contributed by atoms with Crippen LogP contribution in [0.25, 0.3) is 6.08 Å². The third-order valence-electron chi connectivity index (χ3n) is 6.39. The van der Waals surface area contributed by atoms with Crippen molar-refractivity contribution >= 4 is 29.8 Å². The smallest absolute Gasteiger partial charge is 0.153 e. The average molecular weight is 365 g/mol. The van der Waals surface area contributed by atoms with E-state index in [1.54, 1.807) is 16.9 Å². The zero-order valence-corrected chi connectivity index (χ0v) is 17.2. The van der Waals surface area contributed by atoms with Gasteiger partial charge in [0.15, 0.2) is 6.71 Å². The number of fused-ring (bicyclic) bond motifs is 3. The quantitative estimate of drug-likeness (QED) is 0.557. The summed E-state index contributed by atoms with van der Waals surface area (Å²) in [5, 5.41) is 10.8. The maximum absolute atomic E-state index is 10.8. The second-order valence-corrected chi connectivity index (χ2v) is 9.76. The van der Waals surface area contributed by atoms with Crippen molar-refractivity contribution in [3.8, 4) is 0 Å². The number of anilines is 1. The molecule has 1 saturated heterocycles. The first kappa shape index (κ1) is 17.9. The molecule has 26 heavy (non-hydrogen) atoms. The number of thiophene rings is 1. The summed E-state index contributed by atoms with van der Waals surface area (Å²) < 4.78 is 0. The number of hydrogen-bond donors (Lipinski definition) is 2. The Bertz CT molecular complexity index is 875. The SMILES string of the molecule is Cc1cc(/C=C/C(O)c2sc(C)c3c2C[C@H]2B(C(C)C)[C@@H]32)cc(C)c1N. The molecular formula is C22H28BNOS. The van der Waals surface area contributed by atoms with Crippen molar-refractivity contribution in [2.45, 2.75) is 64.6 Å². The molecule has 1 aliphatic heterocycles. The van der Waals surface area contributed by atoms with Crippen molar-refractivity contribution in [3.63, 3.8) is 0 Å². The van der Waals surface area contributed by atoms with E-state index >= 15 is 0 Å². The number of nitrogens with two attached hydrogens (primary N) is 1. The van der Waals surface area contributed by atoms with Gasteiger partial charge in [0.1, 0.15) is 6.10 Å². The van der Waals surface area contributed by atoms with Gasteiger partial charge in [-0.05, 0) is 73.0 Å². The summed E-state index contributed by atoms with van der Waals surface area (Å²) in [6.07, 6.45) is 4.60. The van der Waals surface area contributed by atoms with Crippen LogP contribution in [0.3, 0.4) is 0 Å². The van der Waals surface area contributed by atoms with Crippen LogP contribution < -0.4 is 5.73 Å². The van der Waals surface area contributed by atoms with Crippen LogP contribution in [0.5, 0.6) is 0 Å².